The number of H-pyrrole nitrogens is 1. The first-order valence-corrected chi connectivity index (χ1v) is 6.29. The summed E-state index contributed by atoms with van der Waals surface area (Å²) in [5, 5.41) is 2.68. The zero-order valence-corrected chi connectivity index (χ0v) is 10.6. The molecule has 7 heteroatoms. The van der Waals surface area contributed by atoms with Gasteiger partial charge in [-0.1, -0.05) is 6.92 Å². The molecule has 1 aliphatic rings. The van der Waals surface area contributed by atoms with Crippen LogP contribution in [0, 0.1) is 11.7 Å². The lowest BCUT2D eigenvalue weighted by Gasteiger charge is -2.26. The summed E-state index contributed by atoms with van der Waals surface area (Å²) >= 11 is 0. The number of rotatable bonds is 1. The van der Waals surface area contributed by atoms with Crippen LogP contribution in [-0.2, 0) is 0 Å². The fourth-order valence-corrected chi connectivity index (χ4v) is 2.25. The second-order valence-electron chi connectivity index (χ2n) is 5.01. The molecule has 104 valence electrons. The molecule has 1 aliphatic carbocycles. The summed E-state index contributed by atoms with van der Waals surface area (Å²) < 4.78 is 13.6. The van der Waals surface area contributed by atoms with Crippen LogP contribution in [0.5, 0.6) is 0 Å². The van der Waals surface area contributed by atoms with Crippen LogP contribution in [0.3, 0.4) is 0 Å². The van der Waals surface area contributed by atoms with Crippen LogP contribution in [0.25, 0.3) is 0 Å². The highest BCUT2D eigenvalue weighted by molar-refractivity contribution is 5.76. The summed E-state index contributed by atoms with van der Waals surface area (Å²) in [5.41, 5.74) is -2.06. The van der Waals surface area contributed by atoms with E-state index in [4.69, 9.17) is 0 Å². The lowest BCUT2D eigenvalue weighted by molar-refractivity contribution is 0.228. The Bertz CT molecular complexity index is 585. The standard InChI is InChI=1S/C12H16FN3O3/c1-7-2-4-8(5-3-7)14-11(18)16-6-9(13)10(17)15-12(16)19/h6-8H,2-5H2,1H3,(H,14,18)(H,15,17,19). The zero-order chi connectivity index (χ0) is 14.0. The number of carbonyl (C=O) groups excluding carboxylic acids is 1. The number of aromatic nitrogens is 2. The molecular formula is C12H16FN3O3. The molecule has 0 bridgehead atoms. The van der Waals surface area contributed by atoms with Gasteiger partial charge in [-0.05, 0) is 31.6 Å². The smallest absolute Gasteiger partial charge is 0.335 e. The van der Waals surface area contributed by atoms with E-state index in [9.17, 15) is 18.8 Å². The number of aromatic amines is 1. The van der Waals surface area contributed by atoms with Crippen LogP contribution in [0.4, 0.5) is 9.18 Å². The normalized spacial score (nSPS) is 23.1. The van der Waals surface area contributed by atoms with Crippen LogP contribution in [0.15, 0.2) is 15.8 Å². The predicted molar refractivity (Wildman–Crippen MR) is 66.6 cm³/mol. The summed E-state index contributed by atoms with van der Waals surface area (Å²) in [6.07, 6.45) is 4.32. The first kappa shape index (κ1) is 13.5. The maximum absolute atomic E-state index is 13.1. The molecule has 0 aliphatic heterocycles. The Morgan fingerprint density at radius 2 is 2.00 bits per heavy atom. The molecule has 0 spiro atoms. The number of nitrogens with zero attached hydrogens (tertiary/aromatic N) is 1. The minimum Gasteiger partial charge on any atom is -0.335 e. The van der Waals surface area contributed by atoms with E-state index in [1.54, 1.807) is 4.98 Å². The molecule has 0 radical (unpaired) electrons. The van der Waals surface area contributed by atoms with Gasteiger partial charge in [0.1, 0.15) is 0 Å². The van der Waals surface area contributed by atoms with Crippen LogP contribution >= 0.6 is 0 Å². The van der Waals surface area contributed by atoms with Crippen molar-refractivity contribution < 1.29 is 9.18 Å². The third kappa shape index (κ3) is 3.10. The molecule has 6 nitrogen and oxygen atoms in total. The second kappa shape index (κ2) is 5.38. The molecule has 2 N–H and O–H groups in total. The van der Waals surface area contributed by atoms with Crippen molar-refractivity contribution in [2.45, 2.75) is 38.6 Å². The van der Waals surface area contributed by atoms with Gasteiger partial charge in [0.05, 0.1) is 6.20 Å². The molecule has 2 rings (SSSR count). The van der Waals surface area contributed by atoms with E-state index >= 15 is 0 Å². The van der Waals surface area contributed by atoms with Gasteiger partial charge < -0.3 is 5.32 Å². The van der Waals surface area contributed by atoms with Crippen molar-refractivity contribution >= 4 is 6.03 Å². The van der Waals surface area contributed by atoms with Gasteiger partial charge >= 0.3 is 11.7 Å². The number of hydrogen-bond acceptors (Lipinski definition) is 3. The van der Waals surface area contributed by atoms with Crippen LogP contribution in [-0.4, -0.2) is 21.6 Å². The summed E-state index contributed by atoms with van der Waals surface area (Å²) in [7, 11) is 0. The summed E-state index contributed by atoms with van der Waals surface area (Å²) in [6.45, 7) is 2.15. The van der Waals surface area contributed by atoms with Crippen molar-refractivity contribution in [1.29, 1.82) is 0 Å². The molecule has 1 amide bonds. The zero-order valence-electron chi connectivity index (χ0n) is 10.6. The van der Waals surface area contributed by atoms with E-state index in [0.29, 0.717) is 16.7 Å². The Hall–Kier alpha value is -1.92. The molecule has 1 aromatic heterocycles. The first-order chi connectivity index (χ1) is 8.97. The number of amides is 1. The van der Waals surface area contributed by atoms with Gasteiger partial charge in [0.2, 0.25) is 5.82 Å². The average Bonchev–Trinajstić information content (AvgIpc) is 2.36. The second-order valence-corrected chi connectivity index (χ2v) is 5.01. The Kier molecular flexibility index (Phi) is 3.82. The highest BCUT2D eigenvalue weighted by Crippen LogP contribution is 2.23. The molecular weight excluding hydrogens is 253 g/mol. The number of halogens is 1. The van der Waals surface area contributed by atoms with Crippen molar-refractivity contribution in [3.8, 4) is 0 Å². The molecule has 1 fully saturated rings. The molecule has 0 aromatic carbocycles. The SMILES string of the molecule is CC1CCC(NC(=O)n2cc(F)c(=O)[nH]c2=O)CC1. The lowest BCUT2D eigenvalue weighted by Crippen LogP contribution is -2.45. The minimum atomic E-state index is -1.16. The van der Waals surface area contributed by atoms with Crippen molar-refractivity contribution in [3.05, 3.63) is 32.9 Å². The lowest BCUT2D eigenvalue weighted by atomic mass is 9.87. The van der Waals surface area contributed by atoms with E-state index in [1.165, 1.54) is 0 Å². The molecule has 1 saturated carbocycles. The largest absolute Gasteiger partial charge is 0.336 e. The Morgan fingerprint density at radius 1 is 1.37 bits per heavy atom. The topological polar surface area (TPSA) is 84.0 Å². The van der Waals surface area contributed by atoms with E-state index in [1.807, 2.05) is 0 Å². The van der Waals surface area contributed by atoms with Gasteiger partial charge in [-0.25, -0.2) is 14.2 Å². The van der Waals surface area contributed by atoms with Crippen LogP contribution in [0.2, 0.25) is 0 Å². The third-order valence-corrected chi connectivity index (χ3v) is 3.46. The Labute approximate surface area is 108 Å². The van der Waals surface area contributed by atoms with Crippen molar-refractivity contribution in [2.75, 3.05) is 0 Å². The van der Waals surface area contributed by atoms with E-state index in [0.717, 1.165) is 25.7 Å². The van der Waals surface area contributed by atoms with Crippen LogP contribution < -0.4 is 16.6 Å². The van der Waals surface area contributed by atoms with Gasteiger partial charge in [0, 0.05) is 6.04 Å². The minimum absolute atomic E-state index is 0.00871. The molecule has 0 saturated heterocycles. The van der Waals surface area contributed by atoms with E-state index in [2.05, 4.69) is 12.2 Å². The van der Waals surface area contributed by atoms with Crippen molar-refractivity contribution in [1.82, 2.24) is 14.9 Å². The van der Waals surface area contributed by atoms with Gasteiger partial charge in [-0.2, -0.15) is 4.39 Å². The molecule has 0 atom stereocenters. The summed E-state index contributed by atoms with van der Waals surface area (Å²) in [4.78, 5) is 35.9. The third-order valence-electron chi connectivity index (χ3n) is 3.46. The maximum atomic E-state index is 13.1. The summed E-state index contributed by atoms with van der Waals surface area (Å²) in [5.74, 6) is -0.520. The highest BCUT2D eigenvalue weighted by atomic mass is 19.1. The van der Waals surface area contributed by atoms with Crippen molar-refractivity contribution in [2.24, 2.45) is 5.92 Å². The van der Waals surface area contributed by atoms with E-state index in [-0.39, 0.29) is 6.04 Å². The summed E-state index contributed by atoms with van der Waals surface area (Å²) in [6, 6.07) is -0.717. The molecule has 19 heavy (non-hydrogen) atoms. The van der Waals surface area contributed by atoms with E-state index < -0.39 is 23.1 Å². The maximum Gasteiger partial charge on any atom is 0.336 e. The van der Waals surface area contributed by atoms with Crippen LogP contribution in [0.1, 0.15) is 32.6 Å². The monoisotopic (exact) mass is 269 g/mol. The van der Waals surface area contributed by atoms with Gasteiger partial charge in [-0.3, -0.25) is 9.78 Å². The number of nitrogens with one attached hydrogen (secondary N) is 2. The van der Waals surface area contributed by atoms with Gasteiger partial charge in [0.15, 0.2) is 0 Å². The fraction of sp³-hybridized carbons (Fsp3) is 0.583. The highest BCUT2D eigenvalue weighted by Gasteiger charge is 2.21. The quantitative estimate of drug-likeness (QED) is 0.791. The Morgan fingerprint density at radius 3 is 2.63 bits per heavy atom. The first-order valence-electron chi connectivity index (χ1n) is 6.29. The predicted octanol–water partition coefficient (Wildman–Crippen LogP) is 0.812. The molecule has 1 aromatic rings. The van der Waals surface area contributed by atoms with Crippen molar-refractivity contribution in [3.63, 3.8) is 0 Å². The number of hydrogen-bond donors (Lipinski definition) is 2. The average molecular weight is 269 g/mol. The molecule has 1 heterocycles. The van der Waals surface area contributed by atoms with Gasteiger partial charge in [-0.15, -0.1) is 0 Å². The molecule has 0 unspecified atom stereocenters. The Balaban J connectivity index is 2.10. The fourth-order valence-electron chi connectivity index (χ4n) is 2.25. The van der Waals surface area contributed by atoms with Gasteiger partial charge in [0.25, 0.3) is 5.56 Å². The number of carbonyl (C=O) groups is 1.